The van der Waals surface area contributed by atoms with Crippen LogP contribution in [0.4, 0.5) is 0 Å². The highest BCUT2D eigenvalue weighted by atomic mass is 15.3. The molecule has 3 heteroatoms. The first-order valence-corrected chi connectivity index (χ1v) is 6.46. The molecule has 0 saturated heterocycles. The Bertz CT molecular complexity index is 335. The average Bonchev–Trinajstić information content (AvgIpc) is 2.84. The van der Waals surface area contributed by atoms with Crippen LogP contribution >= 0.6 is 0 Å². The summed E-state index contributed by atoms with van der Waals surface area (Å²) >= 11 is 0. The molecule has 1 N–H and O–H groups in total. The van der Waals surface area contributed by atoms with E-state index in [1.165, 1.54) is 18.5 Å². The minimum absolute atomic E-state index is 0.401. The van der Waals surface area contributed by atoms with Gasteiger partial charge in [0.15, 0.2) is 0 Å². The van der Waals surface area contributed by atoms with Gasteiger partial charge in [-0.3, -0.25) is 4.68 Å². The van der Waals surface area contributed by atoms with Crippen molar-refractivity contribution >= 4 is 0 Å². The zero-order valence-corrected chi connectivity index (χ0v) is 10.7. The molecule has 0 radical (unpaired) electrons. The fourth-order valence-corrected chi connectivity index (χ4v) is 2.01. The lowest BCUT2D eigenvalue weighted by Crippen LogP contribution is -2.27. The molecule has 2 rings (SSSR count). The lowest BCUT2D eigenvalue weighted by molar-refractivity contribution is 0.422. The van der Waals surface area contributed by atoms with E-state index >= 15 is 0 Å². The lowest BCUT2D eigenvalue weighted by atomic mass is 10.2. The Morgan fingerprint density at radius 3 is 2.69 bits per heavy atom. The minimum atomic E-state index is 0.401. The first-order chi connectivity index (χ1) is 7.67. The van der Waals surface area contributed by atoms with Crippen LogP contribution in [0, 0.1) is 0 Å². The number of hydrogen-bond donors (Lipinski definition) is 1. The number of nitrogens with one attached hydrogen (secondary N) is 1. The molecule has 16 heavy (non-hydrogen) atoms. The minimum Gasteiger partial charge on any atom is -0.306 e. The van der Waals surface area contributed by atoms with E-state index in [1.807, 2.05) is 0 Å². The largest absolute Gasteiger partial charge is 0.306 e. The van der Waals surface area contributed by atoms with E-state index in [0.29, 0.717) is 11.6 Å². The van der Waals surface area contributed by atoms with Gasteiger partial charge in [-0.15, -0.1) is 0 Å². The van der Waals surface area contributed by atoms with Crippen molar-refractivity contribution in [2.45, 2.75) is 64.6 Å². The highest BCUT2D eigenvalue weighted by Gasteiger charge is 2.36. The monoisotopic (exact) mass is 221 g/mol. The number of nitrogens with zero attached hydrogens (tertiary/aromatic N) is 2. The Morgan fingerprint density at radius 2 is 2.12 bits per heavy atom. The van der Waals surface area contributed by atoms with E-state index in [9.17, 15) is 0 Å². The van der Waals surface area contributed by atoms with E-state index in [-0.39, 0.29) is 0 Å². The highest BCUT2D eigenvalue weighted by molar-refractivity contribution is 5.04. The van der Waals surface area contributed by atoms with Gasteiger partial charge < -0.3 is 5.32 Å². The fraction of sp³-hybridized carbons (Fsp3) is 0.769. The summed E-state index contributed by atoms with van der Waals surface area (Å²) in [7, 11) is 0. The molecule has 0 aliphatic heterocycles. The lowest BCUT2D eigenvalue weighted by Gasteiger charge is -2.13. The maximum Gasteiger partial charge on any atom is 0.0762 e. The zero-order chi connectivity index (χ0) is 11.6. The number of hydrogen-bond acceptors (Lipinski definition) is 2. The third-order valence-electron chi connectivity index (χ3n) is 3.68. The summed E-state index contributed by atoms with van der Waals surface area (Å²) in [6.07, 6.45) is 7.04. The average molecular weight is 221 g/mol. The van der Waals surface area contributed by atoms with Crippen LogP contribution in [0.3, 0.4) is 0 Å². The van der Waals surface area contributed by atoms with Gasteiger partial charge in [0.25, 0.3) is 0 Å². The van der Waals surface area contributed by atoms with Crippen molar-refractivity contribution in [3.63, 3.8) is 0 Å². The van der Waals surface area contributed by atoms with Crippen molar-refractivity contribution in [3.8, 4) is 0 Å². The second kappa shape index (κ2) is 4.58. The third kappa shape index (κ3) is 2.64. The topological polar surface area (TPSA) is 29.9 Å². The molecule has 0 unspecified atom stereocenters. The predicted octanol–water partition coefficient (Wildman–Crippen LogP) is 2.89. The van der Waals surface area contributed by atoms with Crippen LogP contribution in [0.25, 0.3) is 0 Å². The molecule has 1 saturated carbocycles. The molecule has 1 heterocycles. The molecule has 0 amide bonds. The number of rotatable bonds is 6. The van der Waals surface area contributed by atoms with Gasteiger partial charge in [0.05, 0.1) is 11.7 Å². The quantitative estimate of drug-likeness (QED) is 0.800. The third-order valence-corrected chi connectivity index (χ3v) is 3.68. The second-order valence-electron chi connectivity index (χ2n) is 5.17. The summed E-state index contributed by atoms with van der Waals surface area (Å²) in [6, 6.07) is 2.70. The van der Waals surface area contributed by atoms with Crippen LogP contribution in [0.1, 0.15) is 58.2 Å². The van der Waals surface area contributed by atoms with Gasteiger partial charge >= 0.3 is 0 Å². The standard InChI is InChI=1S/C13H23N3/c1-4-12(5-2)16-9-6-11(15-16)10-14-13(3)7-8-13/h6,9,12,14H,4-5,7-8,10H2,1-3H3. The molecule has 1 aromatic rings. The molecular formula is C13H23N3. The second-order valence-corrected chi connectivity index (χ2v) is 5.17. The summed E-state index contributed by atoms with van der Waals surface area (Å²) in [6.45, 7) is 7.63. The van der Waals surface area contributed by atoms with Gasteiger partial charge in [-0.2, -0.15) is 5.10 Å². The van der Waals surface area contributed by atoms with Crippen molar-refractivity contribution in [1.29, 1.82) is 0 Å². The van der Waals surface area contributed by atoms with Crippen LogP contribution in [-0.4, -0.2) is 15.3 Å². The van der Waals surface area contributed by atoms with Gasteiger partial charge in [0.1, 0.15) is 0 Å². The van der Waals surface area contributed by atoms with Crippen LogP contribution in [0.15, 0.2) is 12.3 Å². The maximum absolute atomic E-state index is 4.64. The Labute approximate surface area is 98.2 Å². The van der Waals surface area contributed by atoms with Crippen molar-refractivity contribution in [2.24, 2.45) is 0 Å². The van der Waals surface area contributed by atoms with Crippen molar-refractivity contribution in [1.82, 2.24) is 15.1 Å². The van der Waals surface area contributed by atoms with Crippen molar-refractivity contribution in [2.75, 3.05) is 0 Å². The van der Waals surface area contributed by atoms with Gasteiger partial charge in [0.2, 0.25) is 0 Å². The molecule has 1 aliphatic rings. The van der Waals surface area contributed by atoms with Crippen LogP contribution in [-0.2, 0) is 6.54 Å². The summed E-state index contributed by atoms with van der Waals surface area (Å²) in [5, 5.41) is 8.20. The highest BCUT2D eigenvalue weighted by Crippen LogP contribution is 2.34. The van der Waals surface area contributed by atoms with Crippen LogP contribution in [0.5, 0.6) is 0 Å². The zero-order valence-electron chi connectivity index (χ0n) is 10.7. The maximum atomic E-state index is 4.64. The Morgan fingerprint density at radius 1 is 1.44 bits per heavy atom. The van der Waals surface area contributed by atoms with E-state index in [4.69, 9.17) is 0 Å². The van der Waals surface area contributed by atoms with Gasteiger partial charge in [-0.05, 0) is 38.7 Å². The molecule has 0 bridgehead atoms. The molecule has 0 aromatic carbocycles. The summed E-state index contributed by atoms with van der Waals surface area (Å²) < 4.78 is 2.12. The van der Waals surface area contributed by atoms with E-state index in [0.717, 1.165) is 19.4 Å². The molecule has 0 spiro atoms. The Hall–Kier alpha value is -0.830. The summed E-state index contributed by atoms with van der Waals surface area (Å²) in [4.78, 5) is 0. The SMILES string of the molecule is CCC(CC)n1ccc(CNC2(C)CC2)n1. The smallest absolute Gasteiger partial charge is 0.0762 e. The Balaban J connectivity index is 1.91. The van der Waals surface area contributed by atoms with E-state index < -0.39 is 0 Å². The summed E-state index contributed by atoms with van der Waals surface area (Å²) in [5.74, 6) is 0. The van der Waals surface area contributed by atoms with Gasteiger partial charge in [-0.25, -0.2) is 0 Å². The number of aromatic nitrogens is 2. The molecule has 1 aromatic heterocycles. The molecule has 1 fully saturated rings. The molecular weight excluding hydrogens is 198 g/mol. The van der Waals surface area contributed by atoms with Crippen molar-refractivity contribution < 1.29 is 0 Å². The molecule has 0 atom stereocenters. The Kier molecular flexibility index (Phi) is 3.33. The van der Waals surface area contributed by atoms with Crippen molar-refractivity contribution in [3.05, 3.63) is 18.0 Å². The van der Waals surface area contributed by atoms with E-state index in [1.54, 1.807) is 0 Å². The van der Waals surface area contributed by atoms with E-state index in [2.05, 4.69) is 48.1 Å². The summed E-state index contributed by atoms with van der Waals surface area (Å²) in [5.41, 5.74) is 1.57. The predicted molar refractivity (Wildman–Crippen MR) is 66.3 cm³/mol. The van der Waals surface area contributed by atoms with Crippen LogP contribution < -0.4 is 5.32 Å². The molecule has 3 nitrogen and oxygen atoms in total. The van der Waals surface area contributed by atoms with Gasteiger partial charge in [0, 0.05) is 18.3 Å². The first-order valence-electron chi connectivity index (χ1n) is 6.46. The van der Waals surface area contributed by atoms with Gasteiger partial charge in [-0.1, -0.05) is 13.8 Å². The molecule has 1 aliphatic carbocycles. The fourth-order valence-electron chi connectivity index (χ4n) is 2.01. The normalized spacial score (nSPS) is 18.0. The van der Waals surface area contributed by atoms with Crippen LogP contribution in [0.2, 0.25) is 0 Å². The molecule has 90 valence electrons. The first kappa shape index (κ1) is 11.6.